The van der Waals surface area contributed by atoms with Gasteiger partial charge >= 0.3 is 0 Å². The fourth-order valence-electron chi connectivity index (χ4n) is 3.57. The molecule has 1 amide bonds. The lowest BCUT2D eigenvalue weighted by atomic mass is 10.2. The first kappa shape index (κ1) is 20.9. The molecular formula is C22H18ClN5O2S2. The molecule has 162 valence electrons. The van der Waals surface area contributed by atoms with Crippen molar-refractivity contribution in [1.29, 1.82) is 0 Å². The topological polar surface area (TPSA) is 83.9 Å². The van der Waals surface area contributed by atoms with Crippen molar-refractivity contribution in [3.8, 4) is 0 Å². The van der Waals surface area contributed by atoms with Gasteiger partial charge in [0.2, 0.25) is 0 Å². The molecule has 0 bridgehead atoms. The van der Waals surface area contributed by atoms with Gasteiger partial charge in [-0.25, -0.2) is 4.98 Å². The Labute approximate surface area is 195 Å². The summed E-state index contributed by atoms with van der Waals surface area (Å²) in [4.78, 5) is 35.7. The molecule has 5 rings (SSSR count). The number of rotatable bonds is 5. The van der Waals surface area contributed by atoms with Gasteiger partial charge in [-0.1, -0.05) is 23.7 Å². The zero-order chi connectivity index (χ0) is 22.4. The van der Waals surface area contributed by atoms with Crippen LogP contribution in [0.4, 0.5) is 0 Å². The molecule has 0 saturated heterocycles. The van der Waals surface area contributed by atoms with Crippen LogP contribution in [0, 0.1) is 6.92 Å². The van der Waals surface area contributed by atoms with Crippen LogP contribution in [0.5, 0.6) is 0 Å². The van der Waals surface area contributed by atoms with Crippen LogP contribution in [0.15, 0.2) is 46.6 Å². The maximum atomic E-state index is 13.1. The van der Waals surface area contributed by atoms with E-state index >= 15 is 0 Å². The highest BCUT2D eigenvalue weighted by molar-refractivity contribution is 7.20. The summed E-state index contributed by atoms with van der Waals surface area (Å²) in [5.74, 6) is 0.333. The van der Waals surface area contributed by atoms with Gasteiger partial charge in [0.05, 0.1) is 29.2 Å². The normalized spacial score (nSPS) is 11.5. The molecule has 0 aliphatic rings. The van der Waals surface area contributed by atoms with Crippen LogP contribution in [0.25, 0.3) is 20.4 Å². The zero-order valence-electron chi connectivity index (χ0n) is 17.3. The van der Waals surface area contributed by atoms with Crippen LogP contribution in [0.1, 0.15) is 26.8 Å². The molecule has 4 heterocycles. The Hall–Kier alpha value is -3.01. The largest absolute Gasteiger partial charge is 0.334 e. The second-order valence-electron chi connectivity index (χ2n) is 7.51. The Kier molecular flexibility index (Phi) is 5.32. The predicted octanol–water partition coefficient (Wildman–Crippen LogP) is 4.68. The molecule has 0 fully saturated rings. The van der Waals surface area contributed by atoms with Crippen molar-refractivity contribution < 1.29 is 4.79 Å². The van der Waals surface area contributed by atoms with E-state index in [-0.39, 0.29) is 18.0 Å². The summed E-state index contributed by atoms with van der Waals surface area (Å²) < 4.78 is 2.51. The summed E-state index contributed by atoms with van der Waals surface area (Å²) in [7, 11) is 1.71. The molecule has 1 N–H and O–H groups in total. The minimum Gasteiger partial charge on any atom is -0.334 e. The fraction of sp³-hybridized carbons (Fsp3) is 0.182. The number of aryl methyl sites for hydroxylation is 1. The second-order valence-corrected chi connectivity index (χ2v) is 9.89. The average Bonchev–Trinajstić information content (AvgIpc) is 3.47. The Bertz CT molecular complexity index is 1510. The third kappa shape index (κ3) is 3.83. The number of carbonyl (C=O) groups excluding carboxylic acids is 1. The van der Waals surface area contributed by atoms with Crippen molar-refractivity contribution in [1.82, 2.24) is 24.6 Å². The number of carbonyl (C=O) groups is 1. The Morgan fingerprint density at radius 1 is 1.25 bits per heavy atom. The highest BCUT2D eigenvalue weighted by atomic mass is 35.5. The van der Waals surface area contributed by atoms with Gasteiger partial charge in [-0.15, -0.1) is 22.7 Å². The number of nitrogens with zero attached hydrogens (tertiary/aromatic N) is 4. The first-order valence-corrected chi connectivity index (χ1v) is 11.9. The van der Waals surface area contributed by atoms with E-state index in [2.05, 4.69) is 15.1 Å². The van der Waals surface area contributed by atoms with Crippen molar-refractivity contribution in [3.63, 3.8) is 0 Å². The van der Waals surface area contributed by atoms with Gasteiger partial charge in [-0.2, -0.15) is 5.10 Å². The van der Waals surface area contributed by atoms with Crippen molar-refractivity contribution in [2.24, 2.45) is 0 Å². The number of benzene rings is 1. The molecule has 7 nitrogen and oxygen atoms in total. The molecule has 0 aliphatic carbocycles. The van der Waals surface area contributed by atoms with Gasteiger partial charge < -0.3 is 9.88 Å². The van der Waals surface area contributed by atoms with E-state index in [0.29, 0.717) is 32.5 Å². The van der Waals surface area contributed by atoms with Crippen LogP contribution < -0.4 is 5.56 Å². The number of amides is 1. The van der Waals surface area contributed by atoms with Crippen LogP contribution in [0.2, 0.25) is 5.02 Å². The number of nitrogens with one attached hydrogen (secondary N) is 1. The second kappa shape index (κ2) is 8.16. The van der Waals surface area contributed by atoms with E-state index in [9.17, 15) is 9.59 Å². The molecule has 0 spiro atoms. The number of fused-ring (bicyclic) bond motifs is 2. The lowest BCUT2D eigenvalue weighted by molar-refractivity contribution is 0.0786. The lowest BCUT2D eigenvalue weighted by Crippen LogP contribution is -2.27. The fourth-order valence-corrected chi connectivity index (χ4v) is 5.58. The molecule has 1 aromatic carbocycles. The summed E-state index contributed by atoms with van der Waals surface area (Å²) in [6.07, 6.45) is 0. The third-order valence-corrected chi connectivity index (χ3v) is 7.45. The van der Waals surface area contributed by atoms with Crippen LogP contribution in [0.3, 0.4) is 0 Å². The lowest BCUT2D eigenvalue weighted by Gasteiger charge is -2.15. The van der Waals surface area contributed by atoms with Crippen molar-refractivity contribution in [2.45, 2.75) is 20.0 Å². The number of H-pyrrole nitrogens is 1. The van der Waals surface area contributed by atoms with Crippen LogP contribution >= 0.6 is 34.3 Å². The summed E-state index contributed by atoms with van der Waals surface area (Å²) >= 11 is 8.75. The van der Waals surface area contributed by atoms with Crippen molar-refractivity contribution in [2.75, 3.05) is 7.05 Å². The number of hydrogen-bond acceptors (Lipinski definition) is 6. The summed E-state index contributed by atoms with van der Waals surface area (Å²) in [6.45, 7) is 2.75. The zero-order valence-corrected chi connectivity index (χ0v) is 19.6. The average molecular weight is 484 g/mol. The molecule has 4 aromatic heterocycles. The van der Waals surface area contributed by atoms with E-state index in [1.807, 2.05) is 53.4 Å². The van der Waals surface area contributed by atoms with E-state index < -0.39 is 0 Å². The molecule has 5 aromatic rings. The van der Waals surface area contributed by atoms with Gasteiger partial charge in [0.1, 0.15) is 15.4 Å². The van der Waals surface area contributed by atoms with Crippen LogP contribution in [-0.4, -0.2) is 37.6 Å². The minimum atomic E-state index is -0.180. The minimum absolute atomic E-state index is 0.128. The quantitative estimate of drug-likeness (QED) is 0.393. The molecule has 0 unspecified atom stereocenters. The number of hydrogen-bond donors (Lipinski definition) is 1. The molecule has 0 aliphatic heterocycles. The standard InChI is InChI=1S/C22H18ClN5O2S2/c1-12-15-9-17(32-22(15)28(26-12)10-13-3-5-14(23)6-4-13)21(30)27(2)11-18-24-16-7-8-31-19(16)20(29)25-18/h3-9H,10-11H2,1-2H3,(H,24,25,29). The van der Waals surface area contributed by atoms with Gasteiger partial charge in [-0.05, 0) is 42.1 Å². The predicted molar refractivity (Wildman–Crippen MR) is 129 cm³/mol. The van der Waals surface area contributed by atoms with E-state index in [1.165, 1.54) is 22.7 Å². The number of aromatic amines is 1. The van der Waals surface area contributed by atoms with Gasteiger partial charge in [0.25, 0.3) is 11.5 Å². The number of thiophene rings is 2. The Balaban J connectivity index is 1.40. The van der Waals surface area contributed by atoms with Crippen molar-refractivity contribution >= 4 is 60.6 Å². The number of aromatic nitrogens is 4. The van der Waals surface area contributed by atoms with Gasteiger partial charge in [-0.3, -0.25) is 14.3 Å². The third-order valence-electron chi connectivity index (χ3n) is 5.16. The molecule has 0 saturated carbocycles. The Morgan fingerprint density at radius 3 is 2.81 bits per heavy atom. The van der Waals surface area contributed by atoms with E-state index in [0.717, 1.165) is 21.5 Å². The summed E-state index contributed by atoms with van der Waals surface area (Å²) in [6, 6.07) is 11.3. The molecular weight excluding hydrogens is 466 g/mol. The molecule has 32 heavy (non-hydrogen) atoms. The summed E-state index contributed by atoms with van der Waals surface area (Å²) in [5, 5.41) is 8.12. The number of halogens is 1. The molecule has 10 heteroatoms. The Morgan fingerprint density at radius 2 is 2.03 bits per heavy atom. The molecule has 0 atom stereocenters. The highest BCUT2D eigenvalue weighted by Crippen LogP contribution is 2.30. The van der Waals surface area contributed by atoms with Crippen LogP contribution in [-0.2, 0) is 13.1 Å². The van der Waals surface area contributed by atoms with E-state index in [4.69, 9.17) is 11.6 Å². The van der Waals surface area contributed by atoms with Gasteiger partial charge in [0.15, 0.2) is 0 Å². The van der Waals surface area contributed by atoms with E-state index in [1.54, 1.807) is 11.9 Å². The maximum absolute atomic E-state index is 13.1. The smallest absolute Gasteiger partial charge is 0.268 e. The SMILES string of the molecule is Cc1nn(Cc2ccc(Cl)cc2)c2sc(C(=O)N(C)Cc3nc4ccsc4c(=O)[nH]3)cc12. The van der Waals surface area contributed by atoms with Crippen molar-refractivity contribution in [3.05, 3.63) is 79.1 Å². The summed E-state index contributed by atoms with van der Waals surface area (Å²) in [5.41, 5.74) is 2.42. The maximum Gasteiger partial charge on any atom is 0.268 e. The molecule has 0 radical (unpaired) electrons. The monoisotopic (exact) mass is 483 g/mol. The highest BCUT2D eigenvalue weighted by Gasteiger charge is 2.20. The first-order chi connectivity index (χ1) is 15.4. The first-order valence-electron chi connectivity index (χ1n) is 9.82. The van der Waals surface area contributed by atoms with Gasteiger partial charge in [0, 0.05) is 17.5 Å².